The Bertz CT molecular complexity index is 545. The van der Waals surface area contributed by atoms with Crippen molar-refractivity contribution in [3.8, 4) is 11.5 Å². The van der Waals surface area contributed by atoms with Crippen LogP contribution in [0.4, 0.5) is 0 Å². The van der Waals surface area contributed by atoms with Crippen molar-refractivity contribution in [2.45, 2.75) is 37.6 Å². The van der Waals surface area contributed by atoms with E-state index in [0.29, 0.717) is 26.2 Å². The second-order valence-corrected chi connectivity index (χ2v) is 6.05. The average Bonchev–Trinajstić information content (AvgIpc) is 3.02. The summed E-state index contributed by atoms with van der Waals surface area (Å²) in [4.78, 5) is 12.2. The van der Waals surface area contributed by atoms with E-state index >= 15 is 0 Å². The number of amides is 1. The standard InChI is InChI=1S/C17H24N2O3.ClH/c1-18-9-6-16(20)19-17(7-2-3-8-17)13-4-5-14-15(12-13)22-11-10-21-14;/h4-5,12,18H,2-3,6-11H2,1H3,(H,19,20);1H. The van der Waals surface area contributed by atoms with Crippen LogP contribution in [0.15, 0.2) is 18.2 Å². The maximum absolute atomic E-state index is 12.2. The highest BCUT2D eigenvalue weighted by atomic mass is 35.5. The number of hydrogen-bond donors (Lipinski definition) is 2. The summed E-state index contributed by atoms with van der Waals surface area (Å²) in [6.45, 7) is 1.87. The van der Waals surface area contributed by atoms with Crippen molar-refractivity contribution in [1.82, 2.24) is 10.6 Å². The van der Waals surface area contributed by atoms with Crippen molar-refractivity contribution in [3.63, 3.8) is 0 Å². The third-order valence-electron chi connectivity index (χ3n) is 4.53. The Balaban J connectivity index is 0.00000192. The lowest BCUT2D eigenvalue weighted by Crippen LogP contribution is -2.44. The molecule has 0 saturated heterocycles. The van der Waals surface area contributed by atoms with Crippen molar-refractivity contribution >= 4 is 18.3 Å². The Morgan fingerprint density at radius 3 is 2.57 bits per heavy atom. The van der Waals surface area contributed by atoms with Gasteiger partial charge in [0.25, 0.3) is 0 Å². The zero-order chi connectivity index (χ0) is 15.4. The predicted octanol–water partition coefficient (Wildman–Crippen LogP) is 2.37. The van der Waals surface area contributed by atoms with E-state index in [4.69, 9.17) is 9.47 Å². The van der Waals surface area contributed by atoms with Crippen LogP contribution in [0.25, 0.3) is 0 Å². The van der Waals surface area contributed by atoms with E-state index in [0.717, 1.165) is 42.7 Å². The molecule has 128 valence electrons. The van der Waals surface area contributed by atoms with Gasteiger partial charge in [0.05, 0.1) is 5.54 Å². The number of ether oxygens (including phenoxy) is 2. The molecule has 5 nitrogen and oxygen atoms in total. The van der Waals surface area contributed by atoms with Crippen LogP contribution in [0.3, 0.4) is 0 Å². The molecule has 3 rings (SSSR count). The zero-order valence-corrected chi connectivity index (χ0v) is 14.3. The molecule has 2 aliphatic rings. The second-order valence-electron chi connectivity index (χ2n) is 6.05. The largest absolute Gasteiger partial charge is 0.486 e. The van der Waals surface area contributed by atoms with Crippen LogP contribution in [-0.4, -0.2) is 32.7 Å². The van der Waals surface area contributed by atoms with Crippen LogP contribution in [0.5, 0.6) is 11.5 Å². The van der Waals surface area contributed by atoms with E-state index in [1.54, 1.807) is 0 Å². The van der Waals surface area contributed by atoms with Crippen LogP contribution in [0.2, 0.25) is 0 Å². The normalized spacial score (nSPS) is 18.1. The van der Waals surface area contributed by atoms with Gasteiger partial charge in [0.1, 0.15) is 13.2 Å². The van der Waals surface area contributed by atoms with Crippen LogP contribution >= 0.6 is 12.4 Å². The van der Waals surface area contributed by atoms with E-state index in [9.17, 15) is 4.79 Å². The molecule has 0 unspecified atom stereocenters. The van der Waals surface area contributed by atoms with Gasteiger partial charge in [-0.15, -0.1) is 12.4 Å². The van der Waals surface area contributed by atoms with Gasteiger partial charge >= 0.3 is 0 Å². The molecule has 1 aromatic carbocycles. The molecule has 23 heavy (non-hydrogen) atoms. The molecule has 0 spiro atoms. The summed E-state index contributed by atoms with van der Waals surface area (Å²) in [6, 6.07) is 6.07. The fourth-order valence-corrected chi connectivity index (χ4v) is 3.37. The van der Waals surface area contributed by atoms with Gasteiger partial charge in [-0.1, -0.05) is 18.9 Å². The number of nitrogens with one attached hydrogen (secondary N) is 2. The molecule has 1 saturated carbocycles. The van der Waals surface area contributed by atoms with E-state index in [1.807, 2.05) is 19.2 Å². The summed E-state index contributed by atoms with van der Waals surface area (Å²) in [5.41, 5.74) is 0.882. The lowest BCUT2D eigenvalue weighted by Gasteiger charge is -2.32. The molecule has 1 heterocycles. The first-order valence-electron chi connectivity index (χ1n) is 8.09. The zero-order valence-electron chi connectivity index (χ0n) is 13.5. The number of benzene rings is 1. The fourth-order valence-electron chi connectivity index (χ4n) is 3.37. The minimum atomic E-state index is -0.249. The number of halogens is 1. The Morgan fingerprint density at radius 2 is 1.87 bits per heavy atom. The number of carbonyl (C=O) groups excluding carboxylic acids is 1. The topological polar surface area (TPSA) is 59.6 Å². The maximum atomic E-state index is 12.2. The molecule has 1 aliphatic heterocycles. The first kappa shape index (κ1) is 17.9. The van der Waals surface area contributed by atoms with Crippen LogP contribution < -0.4 is 20.1 Å². The van der Waals surface area contributed by atoms with Crippen molar-refractivity contribution < 1.29 is 14.3 Å². The predicted molar refractivity (Wildman–Crippen MR) is 91.5 cm³/mol. The first-order valence-corrected chi connectivity index (χ1v) is 8.09. The van der Waals surface area contributed by atoms with Gasteiger partial charge < -0.3 is 20.1 Å². The Labute approximate surface area is 143 Å². The number of rotatable bonds is 5. The number of hydrogen-bond acceptors (Lipinski definition) is 4. The van der Waals surface area contributed by atoms with Crippen LogP contribution in [-0.2, 0) is 10.3 Å². The third-order valence-corrected chi connectivity index (χ3v) is 4.53. The van der Waals surface area contributed by atoms with Crippen molar-refractivity contribution in [1.29, 1.82) is 0 Å². The molecule has 0 atom stereocenters. The minimum absolute atomic E-state index is 0. The molecule has 1 aliphatic carbocycles. The van der Waals surface area contributed by atoms with Gasteiger partial charge in [0.2, 0.25) is 5.91 Å². The summed E-state index contributed by atoms with van der Waals surface area (Å²) < 4.78 is 11.3. The minimum Gasteiger partial charge on any atom is -0.486 e. The summed E-state index contributed by atoms with van der Waals surface area (Å²) >= 11 is 0. The quantitative estimate of drug-likeness (QED) is 0.864. The highest BCUT2D eigenvalue weighted by Crippen LogP contribution is 2.42. The van der Waals surface area contributed by atoms with Gasteiger partial charge in [-0.25, -0.2) is 0 Å². The van der Waals surface area contributed by atoms with E-state index in [1.165, 1.54) is 0 Å². The Hall–Kier alpha value is -1.46. The molecule has 1 fully saturated rings. The van der Waals surface area contributed by atoms with Crippen LogP contribution in [0, 0.1) is 0 Å². The fraction of sp³-hybridized carbons (Fsp3) is 0.588. The molecule has 0 aromatic heterocycles. The van der Waals surface area contributed by atoms with Crippen LogP contribution in [0.1, 0.15) is 37.7 Å². The van der Waals surface area contributed by atoms with E-state index in [-0.39, 0.29) is 23.9 Å². The molecule has 1 amide bonds. The highest BCUT2D eigenvalue weighted by Gasteiger charge is 2.37. The van der Waals surface area contributed by atoms with Crippen molar-refractivity contribution in [2.75, 3.05) is 26.8 Å². The summed E-state index contributed by atoms with van der Waals surface area (Å²) in [7, 11) is 1.86. The lowest BCUT2D eigenvalue weighted by molar-refractivity contribution is -0.123. The molecular weight excluding hydrogens is 316 g/mol. The SMILES string of the molecule is CNCCC(=O)NC1(c2ccc3c(c2)OCCO3)CCCC1.Cl. The molecule has 0 bridgehead atoms. The first-order chi connectivity index (χ1) is 10.7. The van der Waals surface area contributed by atoms with Gasteiger partial charge in [-0.2, -0.15) is 0 Å². The molecule has 6 heteroatoms. The van der Waals surface area contributed by atoms with Gasteiger partial charge in [-0.05, 0) is 37.6 Å². The second kappa shape index (κ2) is 7.88. The summed E-state index contributed by atoms with van der Waals surface area (Å²) in [6.07, 6.45) is 4.75. The average molecular weight is 341 g/mol. The Morgan fingerprint density at radius 1 is 1.17 bits per heavy atom. The number of fused-ring (bicyclic) bond motifs is 1. The lowest BCUT2D eigenvalue weighted by atomic mass is 9.87. The Kier molecular flexibility index (Phi) is 6.13. The molecule has 2 N–H and O–H groups in total. The van der Waals surface area contributed by atoms with Crippen molar-refractivity contribution in [2.24, 2.45) is 0 Å². The van der Waals surface area contributed by atoms with Crippen molar-refractivity contribution in [3.05, 3.63) is 23.8 Å². The molecule has 0 radical (unpaired) electrons. The van der Waals surface area contributed by atoms with Gasteiger partial charge in [-0.3, -0.25) is 4.79 Å². The third kappa shape index (κ3) is 3.90. The molecule has 1 aromatic rings. The summed E-state index contributed by atoms with van der Waals surface area (Å²) in [5.74, 6) is 1.69. The smallest absolute Gasteiger partial charge is 0.221 e. The summed E-state index contributed by atoms with van der Waals surface area (Å²) in [5, 5.41) is 6.29. The molecular formula is C17H25ClN2O3. The maximum Gasteiger partial charge on any atom is 0.221 e. The van der Waals surface area contributed by atoms with Gasteiger partial charge in [0.15, 0.2) is 11.5 Å². The van der Waals surface area contributed by atoms with E-state index < -0.39 is 0 Å². The van der Waals surface area contributed by atoms with E-state index in [2.05, 4.69) is 16.7 Å². The highest BCUT2D eigenvalue weighted by molar-refractivity contribution is 5.85. The van der Waals surface area contributed by atoms with Gasteiger partial charge in [0, 0.05) is 13.0 Å². The number of carbonyl (C=O) groups is 1. The monoisotopic (exact) mass is 340 g/mol.